The smallest absolute Gasteiger partial charge is 0.319 e. The SMILES string of the molecule is COc1ccccc1[C@@H]1NC(=O)NC(C)=C1C(=O)Nc1ccc(C)cc1C. The molecule has 2 aromatic carbocycles. The van der Waals surface area contributed by atoms with Gasteiger partial charge in [-0.05, 0) is 38.5 Å². The lowest BCUT2D eigenvalue weighted by molar-refractivity contribution is -0.113. The lowest BCUT2D eigenvalue weighted by Crippen LogP contribution is -2.46. The first-order valence-corrected chi connectivity index (χ1v) is 8.70. The van der Waals surface area contributed by atoms with Crippen LogP contribution in [0.2, 0.25) is 0 Å². The molecule has 3 amide bonds. The monoisotopic (exact) mass is 365 g/mol. The molecule has 1 aliphatic rings. The molecule has 1 aliphatic heterocycles. The van der Waals surface area contributed by atoms with E-state index in [9.17, 15) is 9.59 Å². The lowest BCUT2D eigenvalue weighted by Gasteiger charge is -2.29. The summed E-state index contributed by atoms with van der Waals surface area (Å²) in [6, 6.07) is 12.2. The highest BCUT2D eigenvalue weighted by Crippen LogP contribution is 2.33. The van der Waals surface area contributed by atoms with E-state index in [1.165, 1.54) is 0 Å². The third-order valence-electron chi connectivity index (χ3n) is 4.59. The van der Waals surface area contributed by atoms with E-state index >= 15 is 0 Å². The summed E-state index contributed by atoms with van der Waals surface area (Å²) >= 11 is 0. The highest BCUT2D eigenvalue weighted by molar-refractivity contribution is 6.07. The van der Waals surface area contributed by atoms with Crippen LogP contribution in [0.1, 0.15) is 29.7 Å². The van der Waals surface area contributed by atoms with Crippen LogP contribution in [0.5, 0.6) is 5.75 Å². The number of methoxy groups -OCH3 is 1. The van der Waals surface area contributed by atoms with E-state index in [0.29, 0.717) is 17.0 Å². The van der Waals surface area contributed by atoms with Crippen molar-refractivity contribution >= 4 is 17.6 Å². The molecule has 3 rings (SSSR count). The van der Waals surface area contributed by atoms with Crippen LogP contribution in [0, 0.1) is 13.8 Å². The fraction of sp³-hybridized carbons (Fsp3) is 0.238. The molecular formula is C21H23N3O3. The summed E-state index contributed by atoms with van der Waals surface area (Å²) in [7, 11) is 1.56. The van der Waals surface area contributed by atoms with Gasteiger partial charge in [-0.25, -0.2) is 4.79 Å². The Bertz CT molecular complexity index is 934. The molecule has 2 aromatic rings. The molecule has 0 radical (unpaired) electrons. The zero-order valence-corrected chi connectivity index (χ0v) is 15.8. The van der Waals surface area contributed by atoms with E-state index in [1.807, 2.05) is 50.2 Å². The quantitative estimate of drug-likeness (QED) is 0.775. The van der Waals surface area contributed by atoms with Crippen LogP contribution >= 0.6 is 0 Å². The third-order valence-corrected chi connectivity index (χ3v) is 4.59. The Kier molecular flexibility index (Phi) is 5.16. The number of rotatable bonds is 4. The summed E-state index contributed by atoms with van der Waals surface area (Å²) < 4.78 is 5.42. The predicted octanol–water partition coefficient (Wildman–Crippen LogP) is 3.58. The number of ether oxygens (including phenoxy) is 1. The number of benzene rings is 2. The fourth-order valence-corrected chi connectivity index (χ4v) is 3.28. The zero-order valence-electron chi connectivity index (χ0n) is 15.8. The van der Waals surface area contributed by atoms with Crippen molar-refractivity contribution in [3.05, 3.63) is 70.4 Å². The molecule has 0 aliphatic carbocycles. The second-order valence-electron chi connectivity index (χ2n) is 6.58. The van der Waals surface area contributed by atoms with Crippen LogP contribution < -0.4 is 20.7 Å². The van der Waals surface area contributed by atoms with Crippen molar-refractivity contribution in [2.45, 2.75) is 26.8 Å². The number of para-hydroxylation sites is 1. The fourth-order valence-electron chi connectivity index (χ4n) is 3.28. The minimum Gasteiger partial charge on any atom is -0.496 e. The van der Waals surface area contributed by atoms with Gasteiger partial charge in [0, 0.05) is 16.9 Å². The number of allylic oxidation sites excluding steroid dienone is 1. The molecule has 1 heterocycles. The van der Waals surface area contributed by atoms with Crippen molar-refractivity contribution in [2.24, 2.45) is 0 Å². The molecule has 6 nitrogen and oxygen atoms in total. The van der Waals surface area contributed by atoms with Crippen molar-refractivity contribution < 1.29 is 14.3 Å². The van der Waals surface area contributed by atoms with Crippen molar-refractivity contribution in [2.75, 3.05) is 12.4 Å². The Morgan fingerprint density at radius 2 is 1.85 bits per heavy atom. The highest BCUT2D eigenvalue weighted by atomic mass is 16.5. The molecule has 0 unspecified atom stereocenters. The van der Waals surface area contributed by atoms with Crippen LogP contribution in [0.15, 0.2) is 53.7 Å². The summed E-state index contributed by atoms with van der Waals surface area (Å²) in [4.78, 5) is 25.1. The summed E-state index contributed by atoms with van der Waals surface area (Å²) in [5.74, 6) is 0.331. The Balaban J connectivity index is 2.00. The second kappa shape index (κ2) is 7.53. The van der Waals surface area contributed by atoms with Crippen molar-refractivity contribution in [3.8, 4) is 5.75 Å². The van der Waals surface area contributed by atoms with Gasteiger partial charge in [0.05, 0.1) is 18.7 Å². The number of anilines is 1. The van der Waals surface area contributed by atoms with E-state index in [0.717, 1.165) is 22.4 Å². The van der Waals surface area contributed by atoms with E-state index in [2.05, 4.69) is 16.0 Å². The molecule has 27 heavy (non-hydrogen) atoms. The Hall–Kier alpha value is -3.28. The molecule has 1 atom stereocenters. The lowest BCUT2D eigenvalue weighted by atomic mass is 9.94. The van der Waals surface area contributed by atoms with Gasteiger partial charge >= 0.3 is 6.03 Å². The number of carbonyl (C=O) groups is 2. The number of carbonyl (C=O) groups excluding carboxylic acids is 2. The van der Waals surface area contributed by atoms with Gasteiger partial charge in [-0.15, -0.1) is 0 Å². The average molecular weight is 365 g/mol. The van der Waals surface area contributed by atoms with Gasteiger partial charge in [0.2, 0.25) is 0 Å². The molecule has 6 heteroatoms. The molecule has 0 saturated carbocycles. The molecule has 0 spiro atoms. The van der Waals surface area contributed by atoms with Crippen LogP contribution in [-0.4, -0.2) is 19.0 Å². The first kappa shape index (κ1) is 18.5. The molecule has 0 bridgehead atoms. The Morgan fingerprint density at radius 1 is 1.11 bits per heavy atom. The van der Waals surface area contributed by atoms with Crippen LogP contribution in [-0.2, 0) is 4.79 Å². The van der Waals surface area contributed by atoms with E-state index in [-0.39, 0.29) is 11.9 Å². The average Bonchev–Trinajstić information content (AvgIpc) is 2.63. The Labute approximate surface area is 158 Å². The molecule has 0 fully saturated rings. The summed E-state index contributed by atoms with van der Waals surface area (Å²) in [5.41, 5.74) is 4.51. The highest BCUT2D eigenvalue weighted by Gasteiger charge is 2.32. The molecular weight excluding hydrogens is 342 g/mol. The van der Waals surface area contributed by atoms with Crippen molar-refractivity contribution in [1.82, 2.24) is 10.6 Å². The number of nitrogens with one attached hydrogen (secondary N) is 3. The third kappa shape index (κ3) is 3.79. The predicted molar refractivity (Wildman–Crippen MR) is 105 cm³/mol. The van der Waals surface area contributed by atoms with E-state index in [1.54, 1.807) is 20.1 Å². The standard InChI is InChI=1S/C21H23N3O3/c1-12-9-10-16(13(2)11-12)23-20(25)18-14(3)22-21(26)24-19(18)15-7-5-6-8-17(15)27-4/h5-11,19H,1-4H3,(H,23,25)(H2,22,24,26)/t19-/m0/s1. The number of hydrogen-bond acceptors (Lipinski definition) is 3. The summed E-state index contributed by atoms with van der Waals surface area (Å²) in [5, 5.41) is 8.48. The normalized spacial score (nSPS) is 16.4. The summed E-state index contributed by atoms with van der Waals surface area (Å²) in [6.07, 6.45) is 0. The van der Waals surface area contributed by atoms with Gasteiger partial charge in [-0.3, -0.25) is 4.79 Å². The largest absolute Gasteiger partial charge is 0.496 e. The van der Waals surface area contributed by atoms with Gasteiger partial charge < -0.3 is 20.7 Å². The van der Waals surface area contributed by atoms with Gasteiger partial charge in [0.1, 0.15) is 5.75 Å². The summed E-state index contributed by atoms with van der Waals surface area (Å²) in [6.45, 7) is 5.67. The maximum absolute atomic E-state index is 13.1. The number of urea groups is 1. The number of hydrogen-bond donors (Lipinski definition) is 3. The van der Waals surface area contributed by atoms with Crippen LogP contribution in [0.25, 0.3) is 0 Å². The van der Waals surface area contributed by atoms with E-state index < -0.39 is 6.04 Å². The molecule has 3 N–H and O–H groups in total. The topological polar surface area (TPSA) is 79.5 Å². The van der Waals surface area contributed by atoms with Crippen LogP contribution in [0.4, 0.5) is 10.5 Å². The minimum absolute atomic E-state index is 0.275. The van der Waals surface area contributed by atoms with Crippen molar-refractivity contribution in [1.29, 1.82) is 0 Å². The van der Waals surface area contributed by atoms with Gasteiger partial charge in [-0.2, -0.15) is 0 Å². The number of aryl methyl sites for hydroxylation is 2. The zero-order chi connectivity index (χ0) is 19.6. The second-order valence-corrected chi connectivity index (χ2v) is 6.58. The van der Waals surface area contributed by atoms with Gasteiger partial charge in [0.15, 0.2) is 0 Å². The maximum atomic E-state index is 13.1. The minimum atomic E-state index is -0.611. The number of amides is 3. The molecule has 140 valence electrons. The molecule has 0 saturated heterocycles. The first-order valence-electron chi connectivity index (χ1n) is 8.70. The van der Waals surface area contributed by atoms with Gasteiger partial charge in [-0.1, -0.05) is 35.9 Å². The van der Waals surface area contributed by atoms with E-state index in [4.69, 9.17) is 4.74 Å². The maximum Gasteiger partial charge on any atom is 0.319 e. The van der Waals surface area contributed by atoms with Crippen molar-refractivity contribution in [3.63, 3.8) is 0 Å². The Morgan fingerprint density at radius 3 is 2.56 bits per heavy atom. The first-order chi connectivity index (χ1) is 12.9. The van der Waals surface area contributed by atoms with Crippen LogP contribution in [0.3, 0.4) is 0 Å². The molecule has 0 aromatic heterocycles. The van der Waals surface area contributed by atoms with Gasteiger partial charge in [0.25, 0.3) is 5.91 Å².